The number of halogens is 1. The standard InChI is InChI=1S/C17H20ClNO/c1-3-9-19-12-14-5-4-6-15(11-14)20-17-8-7-13(2)10-16(17)18/h4-8,10-11,19H,3,9,12H2,1-2H3. The second-order valence-corrected chi connectivity index (χ2v) is 5.27. The van der Waals surface area contributed by atoms with Gasteiger partial charge in [0, 0.05) is 6.54 Å². The van der Waals surface area contributed by atoms with Gasteiger partial charge in [-0.2, -0.15) is 0 Å². The highest BCUT2D eigenvalue weighted by Crippen LogP contribution is 2.30. The van der Waals surface area contributed by atoms with Gasteiger partial charge in [-0.15, -0.1) is 0 Å². The molecule has 0 atom stereocenters. The molecule has 0 aliphatic carbocycles. The number of ether oxygens (including phenoxy) is 1. The summed E-state index contributed by atoms with van der Waals surface area (Å²) in [6.45, 7) is 6.04. The Morgan fingerprint density at radius 1 is 1.15 bits per heavy atom. The third kappa shape index (κ3) is 4.26. The molecule has 0 aliphatic heterocycles. The first-order valence-corrected chi connectivity index (χ1v) is 7.30. The predicted molar refractivity (Wildman–Crippen MR) is 84.7 cm³/mol. The van der Waals surface area contributed by atoms with Gasteiger partial charge in [-0.05, 0) is 55.3 Å². The zero-order valence-corrected chi connectivity index (χ0v) is 12.7. The molecule has 2 aromatic rings. The van der Waals surface area contributed by atoms with E-state index in [-0.39, 0.29) is 0 Å². The van der Waals surface area contributed by atoms with Gasteiger partial charge in [0.15, 0.2) is 0 Å². The van der Waals surface area contributed by atoms with E-state index in [1.807, 2.05) is 43.3 Å². The number of hydrogen-bond acceptors (Lipinski definition) is 2. The lowest BCUT2D eigenvalue weighted by molar-refractivity contribution is 0.481. The van der Waals surface area contributed by atoms with E-state index in [9.17, 15) is 0 Å². The predicted octanol–water partition coefficient (Wildman–Crippen LogP) is 4.94. The van der Waals surface area contributed by atoms with Crippen LogP contribution in [0.4, 0.5) is 0 Å². The third-order valence-corrected chi connectivity index (χ3v) is 3.26. The number of hydrogen-bond donors (Lipinski definition) is 1. The summed E-state index contributed by atoms with van der Waals surface area (Å²) in [5, 5.41) is 4.02. The molecule has 106 valence electrons. The molecule has 0 radical (unpaired) electrons. The van der Waals surface area contributed by atoms with E-state index < -0.39 is 0 Å². The zero-order valence-electron chi connectivity index (χ0n) is 11.9. The second kappa shape index (κ2) is 7.32. The number of nitrogens with one attached hydrogen (secondary N) is 1. The molecular formula is C17H20ClNO. The van der Waals surface area contributed by atoms with E-state index in [1.165, 1.54) is 5.56 Å². The van der Waals surface area contributed by atoms with E-state index in [2.05, 4.69) is 18.3 Å². The molecule has 0 bridgehead atoms. The summed E-state index contributed by atoms with van der Waals surface area (Å²) >= 11 is 6.18. The van der Waals surface area contributed by atoms with Gasteiger partial charge in [0.1, 0.15) is 11.5 Å². The fourth-order valence-corrected chi connectivity index (χ4v) is 2.22. The molecule has 0 fully saturated rings. The Balaban J connectivity index is 2.07. The van der Waals surface area contributed by atoms with Gasteiger partial charge >= 0.3 is 0 Å². The summed E-state index contributed by atoms with van der Waals surface area (Å²) in [5.74, 6) is 1.50. The van der Waals surface area contributed by atoms with E-state index >= 15 is 0 Å². The quantitative estimate of drug-likeness (QED) is 0.761. The highest BCUT2D eigenvalue weighted by molar-refractivity contribution is 6.32. The van der Waals surface area contributed by atoms with Crippen LogP contribution in [0.3, 0.4) is 0 Å². The summed E-state index contributed by atoms with van der Waals surface area (Å²) in [4.78, 5) is 0. The first-order valence-electron chi connectivity index (χ1n) is 6.92. The third-order valence-electron chi connectivity index (χ3n) is 2.97. The SMILES string of the molecule is CCCNCc1cccc(Oc2ccc(C)cc2Cl)c1. The number of benzene rings is 2. The lowest BCUT2D eigenvalue weighted by Crippen LogP contribution is -2.13. The van der Waals surface area contributed by atoms with Gasteiger partial charge in [-0.3, -0.25) is 0 Å². The number of rotatable bonds is 6. The van der Waals surface area contributed by atoms with Crippen LogP contribution < -0.4 is 10.1 Å². The largest absolute Gasteiger partial charge is 0.456 e. The van der Waals surface area contributed by atoms with Crippen molar-refractivity contribution in [3.63, 3.8) is 0 Å². The Bertz CT molecular complexity index is 569. The maximum Gasteiger partial charge on any atom is 0.146 e. The molecule has 0 saturated heterocycles. The molecule has 0 saturated carbocycles. The second-order valence-electron chi connectivity index (χ2n) is 4.86. The van der Waals surface area contributed by atoms with Gasteiger partial charge in [0.2, 0.25) is 0 Å². The topological polar surface area (TPSA) is 21.3 Å². The lowest BCUT2D eigenvalue weighted by atomic mass is 10.2. The molecule has 2 aromatic carbocycles. The van der Waals surface area contributed by atoms with Crippen LogP contribution in [0.25, 0.3) is 0 Å². The van der Waals surface area contributed by atoms with E-state index in [0.29, 0.717) is 10.8 Å². The first-order chi connectivity index (χ1) is 9.69. The van der Waals surface area contributed by atoms with Crippen molar-refractivity contribution in [3.05, 3.63) is 58.6 Å². The molecule has 0 unspecified atom stereocenters. The molecule has 0 heterocycles. The average molecular weight is 290 g/mol. The van der Waals surface area contributed by atoms with Crippen molar-refractivity contribution < 1.29 is 4.74 Å². The fourth-order valence-electron chi connectivity index (χ4n) is 1.94. The lowest BCUT2D eigenvalue weighted by Gasteiger charge is -2.10. The normalized spacial score (nSPS) is 10.6. The minimum atomic E-state index is 0.638. The summed E-state index contributed by atoms with van der Waals surface area (Å²) in [7, 11) is 0. The van der Waals surface area contributed by atoms with Crippen molar-refractivity contribution in [1.82, 2.24) is 5.32 Å². The van der Waals surface area contributed by atoms with E-state index in [1.54, 1.807) is 0 Å². The Labute approximate surface area is 125 Å². The smallest absolute Gasteiger partial charge is 0.146 e. The molecule has 0 spiro atoms. The van der Waals surface area contributed by atoms with Crippen molar-refractivity contribution >= 4 is 11.6 Å². The first kappa shape index (κ1) is 14.9. The Morgan fingerprint density at radius 2 is 2.00 bits per heavy atom. The average Bonchev–Trinajstić information content (AvgIpc) is 2.43. The summed E-state index contributed by atoms with van der Waals surface area (Å²) < 4.78 is 5.85. The Hall–Kier alpha value is -1.51. The van der Waals surface area contributed by atoms with Crippen LogP contribution in [0.1, 0.15) is 24.5 Å². The maximum absolute atomic E-state index is 6.18. The highest BCUT2D eigenvalue weighted by Gasteiger charge is 2.04. The van der Waals surface area contributed by atoms with Crippen LogP contribution >= 0.6 is 11.6 Å². The van der Waals surface area contributed by atoms with Crippen molar-refractivity contribution in [3.8, 4) is 11.5 Å². The monoisotopic (exact) mass is 289 g/mol. The molecular weight excluding hydrogens is 270 g/mol. The van der Waals surface area contributed by atoms with Gasteiger partial charge in [-0.1, -0.05) is 36.7 Å². The maximum atomic E-state index is 6.18. The fraction of sp³-hybridized carbons (Fsp3) is 0.294. The number of aryl methyl sites for hydroxylation is 1. The van der Waals surface area contributed by atoms with Crippen LogP contribution in [-0.4, -0.2) is 6.54 Å². The van der Waals surface area contributed by atoms with Crippen molar-refractivity contribution in [1.29, 1.82) is 0 Å². The van der Waals surface area contributed by atoms with Crippen molar-refractivity contribution in [2.24, 2.45) is 0 Å². The highest BCUT2D eigenvalue weighted by atomic mass is 35.5. The molecule has 1 N–H and O–H groups in total. The van der Waals surface area contributed by atoms with Gasteiger partial charge in [0.05, 0.1) is 5.02 Å². The van der Waals surface area contributed by atoms with Gasteiger partial charge in [-0.25, -0.2) is 0 Å². The summed E-state index contributed by atoms with van der Waals surface area (Å²) in [6, 6.07) is 13.9. The molecule has 20 heavy (non-hydrogen) atoms. The van der Waals surface area contributed by atoms with E-state index in [4.69, 9.17) is 16.3 Å². The van der Waals surface area contributed by atoms with Crippen LogP contribution in [0.15, 0.2) is 42.5 Å². The molecule has 2 rings (SSSR count). The van der Waals surface area contributed by atoms with Crippen LogP contribution in [0, 0.1) is 6.92 Å². The molecule has 0 aromatic heterocycles. The zero-order chi connectivity index (χ0) is 14.4. The Kier molecular flexibility index (Phi) is 5.45. The van der Waals surface area contributed by atoms with Crippen molar-refractivity contribution in [2.75, 3.05) is 6.54 Å². The van der Waals surface area contributed by atoms with Crippen molar-refractivity contribution in [2.45, 2.75) is 26.8 Å². The Morgan fingerprint density at radius 3 is 2.75 bits per heavy atom. The molecule has 2 nitrogen and oxygen atoms in total. The van der Waals surface area contributed by atoms with Crippen LogP contribution in [0.2, 0.25) is 5.02 Å². The summed E-state index contributed by atoms with van der Waals surface area (Å²) in [5.41, 5.74) is 2.33. The van der Waals surface area contributed by atoms with Crippen LogP contribution in [0.5, 0.6) is 11.5 Å². The van der Waals surface area contributed by atoms with E-state index in [0.717, 1.165) is 30.8 Å². The minimum absolute atomic E-state index is 0.638. The molecule has 0 amide bonds. The minimum Gasteiger partial charge on any atom is -0.456 e. The van der Waals surface area contributed by atoms with Gasteiger partial charge < -0.3 is 10.1 Å². The van der Waals surface area contributed by atoms with Crippen LogP contribution in [-0.2, 0) is 6.54 Å². The molecule has 3 heteroatoms. The molecule has 0 aliphatic rings. The summed E-state index contributed by atoms with van der Waals surface area (Å²) in [6.07, 6.45) is 1.13. The van der Waals surface area contributed by atoms with Gasteiger partial charge in [0.25, 0.3) is 0 Å².